The van der Waals surface area contributed by atoms with E-state index in [1.54, 1.807) is 0 Å². The fraction of sp³-hybridized carbons (Fsp3) is 0.923. The molecule has 2 heteroatoms. The SMILES string of the molecule is CCCCCCCCC(C(=O)O)C1CC1. The van der Waals surface area contributed by atoms with Crippen molar-refractivity contribution in [2.75, 3.05) is 0 Å². The van der Waals surface area contributed by atoms with Gasteiger partial charge in [-0.3, -0.25) is 4.79 Å². The molecule has 1 N–H and O–H groups in total. The van der Waals surface area contributed by atoms with Gasteiger partial charge >= 0.3 is 5.97 Å². The van der Waals surface area contributed by atoms with E-state index in [0.717, 1.165) is 25.7 Å². The third-order valence-electron chi connectivity index (χ3n) is 3.38. The van der Waals surface area contributed by atoms with E-state index in [1.807, 2.05) is 0 Å². The molecular weight excluding hydrogens is 188 g/mol. The molecule has 1 rings (SSSR count). The van der Waals surface area contributed by atoms with Crippen molar-refractivity contribution in [3.05, 3.63) is 0 Å². The fourth-order valence-electron chi connectivity index (χ4n) is 2.20. The second-order valence-corrected chi connectivity index (χ2v) is 4.84. The summed E-state index contributed by atoms with van der Waals surface area (Å²) in [5.74, 6) is -0.0830. The van der Waals surface area contributed by atoms with Crippen LogP contribution >= 0.6 is 0 Å². The minimum atomic E-state index is -0.564. The van der Waals surface area contributed by atoms with Crippen LogP contribution in [0, 0.1) is 11.8 Å². The molecule has 15 heavy (non-hydrogen) atoms. The normalized spacial score (nSPS) is 17.7. The highest BCUT2D eigenvalue weighted by Gasteiger charge is 2.35. The summed E-state index contributed by atoms with van der Waals surface area (Å²) in [5, 5.41) is 9.02. The number of carboxylic acid groups (broad SMARTS) is 1. The van der Waals surface area contributed by atoms with Gasteiger partial charge in [0.15, 0.2) is 0 Å². The highest BCUT2D eigenvalue weighted by molar-refractivity contribution is 5.70. The second kappa shape index (κ2) is 6.86. The van der Waals surface area contributed by atoms with Gasteiger partial charge in [-0.25, -0.2) is 0 Å². The van der Waals surface area contributed by atoms with Crippen LogP contribution in [0.1, 0.15) is 64.7 Å². The van der Waals surface area contributed by atoms with Crippen LogP contribution < -0.4 is 0 Å². The molecule has 0 aromatic heterocycles. The van der Waals surface area contributed by atoms with Crippen LogP contribution in [-0.2, 0) is 4.79 Å². The molecule has 0 amide bonds. The Morgan fingerprint density at radius 2 is 1.80 bits per heavy atom. The van der Waals surface area contributed by atoms with Crippen LogP contribution in [0.3, 0.4) is 0 Å². The average Bonchev–Trinajstić information content (AvgIpc) is 3.00. The summed E-state index contributed by atoms with van der Waals surface area (Å²) in [4.78, 5) is 10.9. The fourth-order valence-corrected chi connectivity index (χ4v) is 2.20. The largest absolute Gasteiger partial charge is 0.481 e. The minimum absolute atomic E-state index is 0.0313. The molecule has 1 fully saturated rings. The smallest absolute Gasteiger partial charge is 0.306 e. The molecule has 1 atom stereocenters. The predicted octanol–water partition coefficient (Wildman–Crippen LogP) is 3.85. The van der Waals surface area contributed by atoms with Crippen molar-refractivity contribution in [1.29, 1.82) is 0 Å². The Morgan fingerprint density at radius 1 is 1.20 bits per heavy atom. The summed E-state index contributed by atoms with van der Waals surface area (Å²) in [7, 11) is 0. The number of unbranched alkanes of at least 4 members (excludes halogenated alkanes) is 5. The van der Waals surface area contributed by atoms with Gasteiger partial charge in [-0.2, -0.15) is 0 Å². The van der Waals surface area contributed by atoms with Gasteiger partial charge in [-0.1, -0.05) is 45.4 Å². The van der Waals surface area contributed by atoms with E-state index in [1.165, 1.54) is 32.1 Å². The Morgan fingerprint density at radius 3 is 2.33 bits per heavy atom. The zero-order valence-electron chi connectivity index (χ0n) is 9.87. The van der Waals surface area contributed by atoms with Crippen molar-refractivity contribution in [3.8, 4) is 0 Å². The lowest BCUT2D eigenvalue weighted by Gasteiger charge is -2.10. The monoisotopic (exact) mass is 212 g/mol. The van der Waals surface area contributed by atoms with Crippen molar-refractivity contribution in [3.63, 3.8) is 0 Å². The lowest BCUT2D eigenvalue weighted by Crippen LogP contribution is -2.15. The van der Waals surface area contributed by atoms with Crippen LogP contribution in [-0.4, -0.2) is 11.1 Å². The van der Waals surface area contributed by atoms with Crippen LogP contribution in [0.25, 0.3) is 0 Å². The Hall–Kier alpha value is -0.530. The molecule has 0 heterocycles. The third-order valence-corrected chi connectivity index (χ3v) is 3.38. The van der Waals surface area contributed by atoms with E-state index >= 15 is 0 Å². The van der Waals surface area contributed by atoms with E-state index in [2.05, 4.69) is 6.92 Å². The predicted molar refractivity (Wildman–Crippen MR) is 61.8 cm³/mol. The molecule has 0 aromatic rings. The molecule has 0 aliphatic heterocycles. The molecule has 2 nitrogen and oxygen atoms in total. The molecule has 0 spiro atoms. The second-order valence-electron chi connectivity index (χ2n) is 4.84. The number of aliphatic carboxylic acids is 1. The molecular formula is C13H24O2. The van der Waals surface area contributed by atoms with Crippen molar-refractivity contribution in [2.45, 2.75) is 64.7 Å². The van der Waals surface area contributed by atoms with Gasteiger partial charge in [0.1, 0.15) is 0 Å². The molecule has 1 aliphatic carbocycles. The quantitative estimate of drug-likeness (QED) is 0.589. The summed E-state index contributed by atoms with van der Waals surface area (Å²) in [6.45, 7) is 2.22. The number of hydrogen-bond acceptors (Lipinski definition) is 1. The summed E-state index contributed by atoms with van der Waals surface area (Å²) in [5.41, 5.74) is 0. The number of carboxylic acids is 1. The zero-order valence-corrected chi connectivity index (χ0v) is 9.87. The summed E-state index contributed by atoms with van der Waals surface area (Å²) >= 11 is 0. The van der Waals surface area contributed by atoms with Crippen molar-refractivity contribution < 1.29 is 9.90 Å². The number of hydrogen-bond donors (Lipinski definition) is 1. The van der Waals surface area contributed by atoms with E-state index in [-0.39, 0.29) is 5.92 Å². The van der Waals surface area contributed by atoms with Gasteiger partial charge in [0.2, 0.25) is 0 Å². The van der Waals surface area contributed by atoms with Crippen LogP contribution in [0.5, 0.6) is 0 Å². The van der Waals surface area contributed by atoms with Crippen LogP contribution in [0.2, 0.25) is 0 Å². The van der Waals surface area contributed by atoms with Gasteiger partial charge in [-0.15, -0.1) is 0 Å². The van der Waals surface area contributed by atoms with Gasteiger partial charge < -0.3 is 5.11 Å². The Bertz CT molecular complexity index is 185. The molecule has 1 saturated carbocycles. The van der Waals surface area contributed by atoms with E-state index in [9.17, 15) is 4.79 Å². The highest BCUT2D eigenvalue weighted by Crippen LogP contribution is 2.39. The standard InChI is InChI=1S/C13H24O2/c1-2-3-4-5-6-7-8-12(13(14)15)11-9-10-11/h11-12H,2-10H2,1H3,(H,14,15). The number of carbonyl (C=O) groups is 1. The van der Waals surface area contributed by atoms with Crippen LogP contribution in [0.15, 0.2) is 0 Å². The lowest BCUT2D eigenvalue weighted by molar-refractivity contribution is -0.142. The molecule has 0 radical (unpaired) electrons. The first-order chi connectivity index (χ1) is 7.25. The first-order valence-corrected chi connectivity index (χ1v) is 6.48. The molecule has 0 bridgehead atoms. The third kappa shape index (κ3) is 5.19. The van der Waals surface area contributed by atoms with E-state index in [0.29, 0.717) is 5.92 Å². The van der Waals surface area contributed by atoms with Crippen molar-refractivity contribution in [1.82, 2.24) is 0 Å². The van der Waals surface area contributed by atoms with Crippen molar-refractivity contribution >= 4 is 5.97 Å². The van der Waals surface area contributed by atoms with Crippen LogP contribution in [0.4, 0.5) is 0 Å². The molecule has 0 saturated heterocycles. The average molecular weight is 212 g/mol. The zero-order chi connectivity index (χ0) is 11.1. The minimum Gasteiger partial charge on any atom is -0.481 e. The molecule has 0 aromatic carbocycles. The van der Waals surface area contributed by atoms with Gasteiger partial charge in [0, 0.05) is 0 Å². The van der Waals surface area contributed by atoms with E-state index in [4.69, 9.17) is 5.11 Å². The summed E-state index contributed by atoms with van der Waals surface area (Å²) < 4.78 is 0. The van der Waals surface area contributed by atoms with Gasteiger partial charge in [-0.05, 0) is 25.2 Å². The summed E-state index contributed by atoms with van der Waals surface area (Å²) in [6.07, 6.45) is 10.7. The Labute approximate surface area is 93.1 Å². The maximum absolute atomic E-state index is 10.9. The van der Waals surface area contributed by atoms with E-state index < -0.39 is 5.97 Å². The lowest BCUT2D eigenvalue weighted by atomic mass is 9.96. The van der Waals surface area contributed by atoms with Gasteiger partial charge in [0.25, 0.3) is 0 Å². The maximum atomic E-state index is 10.9. The Kier molecular flexibility index (Phi) is 5.74. The molecule has 1 unspecified atom stereocenters. The topological polar surface area (TPSA) is 37.3 Å². The van der Waals surface area contributed by atoms with Gasteiger partial charge in [0.05, 0.1) is 5.92 Å². The first-order valence-electron chi connectivity index (χ1n) is 6.48. The molecule has 1 aliphatic rings. The maximum Gasteiger partial charge on any atom is 0.306 e. The Balaban J connectivity index is 1.99. The number of rotatable bonds is 9. The molecule has 88 valence electrons. The first kappa shape index (κ1) is 12.5. The van der Waals surface area contributed by atoms with Crippen molar-refractivity contribution in [2.24, 2.45) is 11.8 Å². The summed E-state index contributed by atoms with van der Waals surface area (Å²) in [6, 6.07) is 0. The highest BCUT2D eigenvalue weighted by atomic mass is 16.4.